The Morgan fingerprint density at radius 1 is 1.33 bits per heavy atom. The second-order valence-corrected chi connectivity index (χ2v) is 4.63. The van der Waals surface area contributed by atoms with Crippen LogP contribution >= 0.6 is 0 Å². The molecule has 0 unspecified atom stereocenters. The molecule has 6 heteroatoms. The minimum atomic E-state index is -1.08. The lowest BCUT2D eigenvalue weighted by molar-refractivity contribution is -0.138. The summed E-state index contributed by atoms with van der Waals surface area (Å²) in [6.45, 7) is 6.68. The maximum Gasteiger partial charge on any atom is 0.415 e. The summed E-state index contributed by atoms with van der Waals surface area (Å²) in [5.74, 6) is -1.51. The van der Waals surface area contributed by atoms with Crippen LogP contribution in [0.15, 0.2) is 12.2 Å². The molecule has 0 aliphatic rings. The SMILES string of the molecule is C=C(CCC(C)(C)C(=O)N(C)C(=O)OC)C(=O)O. The molecule has 0 atom stereocenters. The molecule has 0 aromatic heterocycles. The van der Waals surface area contributed by atoms with Crippen LogP contribution in [0.4, 0.5) is 4.79 Å². The Morgan fingerprint density at radius 3 is 2.22 bits per heavy atom. The lowest BCUT2D eigenvalue weighted by Gasteiger charge is -2.27. The molecule has 0 aliphatic carbocycles. The Kier molecular flexibility index (Phi) is 5.55. The average molecular weight is 257 g/mol. The molecule has 6 nitrogen and oxygen atoms in total. The van der Waals surface area contributed by atoms with Crippen molar-refractivity contribution >= 4 is 18.0 Å². The number of carbonyl (C=O) groups is 3. The lowest BCUT2D eigenvalue weighted by atomic mass is 9.85. The van der Waals surface area contributed by atoms with Crippen LogP contribution in [0, 0.1) is 5.41 Å². The highest BCUT2D eigenvalue weighted by Crippen LogP contribution is 2.27. The lowest BCUT2D eigenvalue weighted by Crippen LogP contribution is -2.42. The van der Waals surface area contributed by atoms with E-state index in [2.05, 4.69) is 11.3 Å². The van der Waals surface area contributed by atoms with E-state index in [-0.39, 0.29) is 18.4 Å². The third-order valence-corrected chi connectivity index (χ3v) is 2.69. The maximum absolute atomic E-state index is 12.0. The van der Waals surface area contributed by atoms with Crippen molar-refractivity contribution in [1.29, 1.82) is 0 Å². The van der Waals surface area contributed by atoms with Crippen LogP contribution in [0.3, 0.4) is 0 Å². The molecule has 1 N–H and O–H groups in total. The van der Waals surface area contributed by atoms with E-state index in [0.29, 0.717) is 0 Å². The van der Waals surface area contributed by atoms with Crippen LogP contribution in [0.25, 0.3) is 0 Å². The summed E-state index contributed by atoms with van der Waals surface area (Å²) in [5.41, 5.74) is -0.821. The highest BCUT2D eigenvalue weighted by atomic mass is 16.5. The molecule has 102 valence electrons. The number of nitrogens with zero attached hydrogens (tertiary/aromatic N) is 1. The van der Waals surface area contributed by atoms with Gasteiger partial charge in [0.2, 0.25) is 5.91 Å². The number of amides is 2. The Bertz CT molecular complexity index is 373. The Labute approximate surface area is 106 Å². The number of rotatable bonds is 5. The highest BCUT2D eigenvalue weighted by molar-refractivity contribution is 5.94. The molecule has 0 fully saturated rings. The molecular formula is C12H19NO5. The van der Waals surface area contributed by atoms with Crippen molar-refractivity contribution in [3.63, 3.8) is 0 Å². The van der Waals surface area contributed by atoms with Crippen molar-refractivity contribution < 1.29 is 24.2 Å². The molecule has 0 heterocycles. The number of ether oxygens (including phenoxy) is 1. The molecule has 0 radical (unpaired) electrons. The highest BCUT2D eigenvalue weighted by Gasteiger charge is 2.33. The first-order chi connectivity index (χ1) is 8.13. The van der Waals surface area contributed by atoms with Gasteiger partial charge in [0, 0.05) is 18.0 Å². The Hall–Kier alpha value is -1.85. The van der Waals surface area contributed by atoms with Crippen molar-refractivity contribution in [2.24, 2.45) is 5.41 Å². The van der Waals surface area contributed by atoms with Gasteiger partial charge in [0.1, 0.15) is 0 Å². The summed E-state index contributed by atoms with van der Waals surface area (Å²) in [7, 11) is 2.51. The fraction of sp³-hybridized carbons (Fsp3) is 0.583. The summed E-state index contributed by atoms with van der Waals surface area (Å²) in [6.07, 6.45) is -0.272. The van der Waals surface area contributed by atoms with Crippen LogP contribution in [0.2, 0.25) is 0 Å². The largest absolute Gasteiger partial charge is 0.478 e. The van der Waals surface area contributed by atoms with Gasteiger partial charge in [-0.25, -0.2) is 9.59 Å². The van der Waals surface area contributed by atoms with Gasteiger partial charge >= 0.3 is 12.1 Å². The van der Waals surface area contributed by atoms with E-state index >= 15 is 0 Å². The van der Waals surface area contributed by atoms with Crippen molar-refractivity contribution in [2.75, 3.05) is 14.2 Å². The van der Waals surface area contributed by atoms with Crippen LogP contribution in [0.5, 0.6) is 0 Å². The van der Waals surface area contributed by atoms with Crippen LogP contribution in [-0.2, 0) is 14.3 Å². The van der Waals surface area contributed by atoms with E-state index in [1.165, 1.54) is 14.2 Å². The first-order valence-corrected chi connectivity index (χ1v) is 5.40. The summed E-state index contributed by atoms with van der Waals surface area (Å²) >= 11 is 0. The van der Waals surface area contributed by atoms with Gasteiger partial charge in [-0.2, -0.15) is 0 Å². The number of carboxylic acid groups (broad SMARTS) is 1. The standard InChI is InChI=1S/C12H19NO5/c1-8(9(14)15)6-7-12(2,3)10(16)13(4)11(17)18-5/h1,6-7H2,2-5H3,(H,14,15). The molecular weight excluding hydrogens is 238 g/mol. The fourth-order valence-electron chi connectivity index (χ4n) is 1.35. The van der Waals surface area contributed by atoms with Crippen LogP contribution in [-0.4, -0.2) is 42.1 Å². The van der Waals surface area contributed by atoms with Crippen molar-refractivity contribution in [2.45, 2.75) is 26.7 Å². The molecule has 2 amide bonds. The van der Waals surface area contributed by atoms with E-state index in [0.717, 1.165) is 4.90 Å². The molecule has 0 aromatic rings. The number of hydrogen-bond acceptors (Lipinski definition) is 4. The summed E-state index contributed by atoms with van der Waals surface area (Å²) < 4.78 is 4.45. The zero-order valence-electron chi connectivity index (χ0n) is 11.1. The van der Waals surface area contributed by atoms with Crippen molar-refractivity contribution in [3.05, 3.63) is 12.2 Å². The zero-order chi connectivity index (χ0) is 14.5. The van der Waals surface area contributed by atoms with E-state index in [9.17, 15) is 14.4 Å². The first kappa shape index (κ1) is 16.1. The van der Waals surface area contributed by atoms with E-state index in [4.69, 9.17) is 5.11 Å². The van der Waals surface area contributed by atoms with Crippen LogP contribution < -0.4 is 0 Å². The predicted molar refractivity (Wildman–Crippen MR) is 65.0 cm³/mol. The number of aliphatic carboxylic acids is 1. The monoisotopic (exact) mass is 257 g/mol. The number of carbonyl (C=O) groups excluding carboxylic acids is 2. The summed E-state index contributed by atoms with van der Waals surface area (Å²) in [6, 6.07) is 0. The van der Waals surface area contributed by atoms with Gasteiger partial charge in [0.25, 0.3) is 0 Å². The van der Waals surface area contributed by atoms with Gasteiger partial charge in [0.05, 0.1) is 7.11 Å². The Morgan fingerprint density at radius 2 is 1.83 bits per heavy atom. The predicted octanol–water partition coefficient (Wildman–Crippen LogP) is 1.66. The molecule has 0 spiro atoms. The number of hydrogen-bond donors (Lipinski definition) is 1. The fourth-order valence-corrected chi connectivity index (χ4v) is 1.35. The van der Waals surface area contributed by atoms with E-state index in [1.54, 1.807) is 13.8 Å². The number of imide groups is 1. The minimum absolute atomic E-state index is 0.0385. The van der Waals surface area contributed by atoms with E-state index < -0.39 is 23.4 Å². The number of methoxy groups -OCH3 is 1. The molecule has 0 bridgehead atoms. The second-order valence-electron chi connectivity index (χ2n) is 4.63. The Balaban J connectivity index is 4.63. The van der Waals surface area contributed by atoms with Crippen molar-refractivity contribution in [1.82, 2.24) is 4.90 Å². The third-order valence-electron chi connectivity index (χ3n) is 2.69. The van der Waals surface area contributed by atoms with E-state index in [1.807, 2.05) is 0 Å². The normalized spacial score (nSPS) is 10.7. The van der Waals surface area contributed by atoms with Crippen LogP contribution in [0.1, 0.15) is 26.7 Å². The molecule has 0 aliphatic heterocycles. The molecule has 0 saturated carbocycles. The average Bonchev–Trinajstić information content (AvgIpc) is 2.32. The molecule has 0 rings (SSSR count). The minimum Gasteiger partial charge on any atom is -0.478 e. The molecule has 0 saturated heterocycles. The van der Waals surface area contributed by atoms with Crippen molar-refractivity contribution in [3.8, 4) is 0 Å². The zero-order valence-corrected chi connectivity index (χ0v) is 11.1. The smallest absolute Gasteiger partial charge is 0.415 e. The quantitative estimate of drug-likeness (QED) is 0.757. The summed E-state index contributed by atoms with van der Waals surface area (Å²) in [4.78, 5) is 34.7. The van der Waals surface area contributed by atoms with Gasteiger partial charge in [-0.1, -0.05) is 20.4 Å². The van der Waals surface area contributed by atoms with Gasteiger partial charge in [-0.05, 0) is 12.8 Å². The topological polar surface area (TPSA) is 83.9 Å². The molecule has 0 aromatic carbocycles. The summed E-state index contributed by atoms with van der Waals surface area (Å²) in [5, 5.41) is 8.68. The molecule has 18 heavy (non-hydrogen) atoms. The second kappa shape index (κ2) is 6.18. The maximum atomic E-state index is 12.0. The van der Waals surface area contributed by atoms with Gasteiger partial charge in [0.15, 0.2) is 0 Å². The van der Waals surface area contributed by atoms with Gasteiger partial charge in [-0.15, -0.1) is 0 Å². The number of carboxylic acids is 1. The third kappa shape index (κ3) is 4.20. The first-order valence-electron chi connectivity index (χ1n) is 5.40. The van der Waals surface area contributed by atoms with Gasteiger partial charge < -0.3 is 9.84 Å². The van der Waals surface area contributed by atoms with Gasteiger partial charge in [-0.3, -0.25) is 9.69 Å².